The fourth-order valence-electron chi connectivity index (χ4n) is 1.98. The summed E-state index contributed by atoms with van der Waals surface area (Å²) in [5.74, 6) is 0.503. The van der Waals surface area contributed by atoms with Crippen LogP contribution >= 0.6 is 0 Å². The zero-order valence-electron chi connectivity index (χ0n) is 10.7. The molecule has 0 bridgehead atoms. The molecule has 1 nitrogen and oxygen atoms in total. The molecule has 0 atom stereocenters. The van der Waals surface area contributed by atoms with E-state index in [0.717, 1.165) is 0 Å². The van der Waals surface area contributed by atoms with Crippen molar-refractivity contribution in [2.24, 2.45) is 0 Å². The Morgan fingerprint density at radius 3 is 2.00 bits per heavy atom. The van der Waals surface area contributed by atoms with Gasteiger partial charge in [-0.05, 0) is 23.1 Å². The van der Waals surface area contributed by atoms with Gasteiger partial charge in [-0.3, -0.25) is 0 Å². The molecular weight excluding hydrogens is 194 g/mol. The fourth-order valence-corrected chi connectivity index (χ4v) is 1.98. The standard InChI is InChI=1S/C15H21N/c1-7-12-13(8-2)15(16(5)6)10-9-14(12)11(3)4/h7-11H,1-2H2,3-6H3. The first kappa shape index (κ1) is 12.6. The van der Waals surface area contributed by atoms with Crippen molar-refractivity contribution < 1.29 is 0 Å². The maximum absolute atomic E-state index is 3.92. The van der Waals surface area contributed by atoms with Crippen molar-refractivity contribution in [3.63, 3.8) is 0 Å². The predicted molar refractivity (Wildman–Crippen MR) is 75.0 cm³/mol. The molecule has 0 amide bonds. The summed E-state index contributed by atoms with van der Waals surface area (Å²) in [7, 11) is 4.09. The highest BCUT2D eigenvalue weighted by Crippen LogP contribution is 2.31. The van der Waals surface area contributed by atoms with Crippen LogP contribution in [0.4, 0.5) is 5.69 Å². The Kier molecular flexibility index (Phi) is 3.94. The van der Waals surface area contributed by atoms with Crippen LogP contribution in [0.2, 0.25) is 0 Å². The highest BCUT2D eigenvalue weighted by molar-refractivity contribution is 5.77. The summed E-state index contributed by atoms with van der Waals surface area (Å²) in [5.41, 5.74) is 4.90. The van der Waals surface area contributed by atoms with E-state index < -0.39 is 0 Å². The van der Waals surface area contributed by atoms with Gasteiger partial charge in [-0.2, -0.15) is 0 Å². The van der Waals surface area contributed by atoms with Gasteiger partial charge in [0.1, 0.15) is 0 Å². The van der Waals surface area contributed by atoms with E-state index in [9.17, 15) is 0 Å². The molecule has 0 radical (unpaired) electrons. The molecule has 0 aromatic heterocycles. The van der Waals surface area contributed by atoms with Crippen LogP contribution in [0.5, 0.6) is 0 Å². The van der Waals surface area contributed by atoms with Crippen molar-refractivity contribution in [1.29, 1.82) is 0 Å². The maximum atomic E-state index is 3.92. The van der Waals surface area contributed by atoms with Gasteiger partial charge in [0, 0.05) is 25.3 Å². The summed E-state index contributed by atoms with van der Waals surface area (Å²) in [6.07, 6.45) is 3.84. The Bertz CT molecular complexity index is 361. The molecule has 0 spiro atoms. The van der Waals surface area contributed by atoms with Crippen LogP contribution in [0, 0.1) is 0 Å². The summed E-state index contributed by atoms with van der Waals surface area (Å²) < 4.78 is 0. The smallest absolute Gasteiger partial charge is 0.0440 e. The van der Waals surface area contributed by atoms with Crippen LogP contribution < -0.4 is 4.90 Å². The number of hydrogen-bond acceptors (Lipinski definition) is 1. The van der Waals surface area contributed by atoms with E-state index in [1.54, 1.807) is 0 Å². The van der Waals surface area contributed by atoms with E-state index >= 15 is 0 Å². The molecule has 1 heteroatoms. The highest BCUT2D eigenvalue weighted by atomic mass is 15.1. The quantitative estimate of drug-likeness (QED) is 0.729. The van der Waals surface area contributed by atoms with E-state index in [0.29, 0.717) is 5.92 Å². The van der Waals surface area contributed by atoms with Crippen molar-refractivity contribution in [3.8, 4) is 0 Å². The van der Waals surface area contributed by atoms with Crippen molar-refractivity contribution in [1.82, 2.24) is 0 Å². The van der Waals surface area contributed by atoms with E-state index in [2.05, 4.69) is 44.0 Å². The summed E-state index contributed by atoms with van der Waals surface area (Å²) in [6, 6.07) is 4.34. The average molecular weight is 215 g/mol. The molecule has 0 fully saturated rings. The lowest BCUT2D eigenvalue weighted by molar-refractivity contribution is 0.863. The van der Waals surface area contributed by atoms with Crippen molar-refractivity contribution in [2.75, 3.05) is 19.0 Å². The van der Waals surface area contributed by atoms with Crippen molar-refractivity contribution in [2.45, 2.75) is 19.8 Å². The third kappa shape index (κ3) is 2.19. The van der Waals surface area contributed by atoms with Gasteiger partial charge in [-0.25, -0.2) is 0 Å². The predicted octanol–water partition coefficient (Wildman–Crippen LogP) is 4.16. The Morgan fingerprint density at radius 1 is 1.06 bits per heavy atom. The molecule has 0 unspecified atom stereocenters. The third-order valence-electron chi connectivity index (χ3n) is 2.81. The van der Waals surface area contributed by atoms with Crippen LogP contribution in [0.15, 0.2) is 25.3 Å². The number of benzene rings is 1. The second-order valence-electron chi connectivity index (χ2n) is 4.46. The van der Waals surface area contributed by atoms with Crippen LogP contribution in [-0.2, 0) is 0 Å². The number of hydrogen-bond donors (Lipinski definition) is 0. The van der Waals surface area contributed by atoms with Gasteiger partial charge in [0.2, 0.25) is 0 Å². The largest absolute Gasteiger partial charge is 0.377 e. The first-order valence-corrected chi connectivity index (χ1v) is 5.62. The van der Waals surface area contributed by atoms with Gasteiger partial charge >= 0.3 is 0 Å². The zero-order chi connectivity index (χ0) is 12.3. The van der Waals surface area contributed by atoms with Gasteiger partial charge in [-0.15, -0.1) is 0 Å². The maximum Gasteiger partial charge on any atom is 0.0440 e. The molecule has 16 heavy (non-hydrogen) atoms. The summed E-state index contributed by atoms with van der Waals surface area (Å²) in [5, 5.41) is 0. The van der Waals surface area contributed by atoms with Gasteiger partial charge in [0.15, 0.2) is 0 Å². The van der Waals surface area contributed by atoms with Gasteiger partial charge in [0.25, 0.3) is 0 Å². The molecule has 0 N–H and O–H groups in total. The Morgan fingerprint density at radius 2 is 1.62 bits per heavy atom. The molecule has 0 aliphatic rings. The van der Waals surface area contributed by atoms with E-state index in [1.807, 2.05) is 26.2 Å². The van der Waals surface area contributed by atoms with Gasteiger partial charge < -0.3 is 4.90 Å². The molecule has 1 rings (SSSR count). The lowest BCUT2D eigenvalue weighted by Gasteiger charge is -2.21. The number of anilines is 1. The lowest BCUT2D eigenvalue weighted by atomic mass is 9.92. The minimum Gasteiger partial charge on any atom is -0.377 e. The number of nitrogens with zero attached hydrogens (tertiary/aromatic N) is 1. The Labute approximate surface area is 99.1 Å². The molecular formula is C15H21N. The molecule has 0 saturated heterocycles. The second-order valence-corrected chi connectivity index (χ2v) is 4.46. The van der Waals surface area contributed by atoms with E-state index in [1.165, 1.54) is 22.4 Å². The molecule has 1 aromatic rings. The summed E-state index contributed by atoms with van der Waals surface area (Å²) >= 11 is 0. The fraction of sp³-hybridized carbons (Fsp3) is 0.333. The first-order chi connectivity index (χ1) is 7.52. The topological polar surface area (TPSA) is 3.24 Å². The highest BCUT2D eigenvalue weighted by Gasteiger charge is 2.11. The second kappa shape index (κ2) is 5.02. The van der Waals surface area contributed by atoms with Gasteiger partial charge in [0.05, 0.1) is 0 Å². The minimum absolute atomic E-state index is 0.503. The molecule has 0 aliphatic carbocycles. The van der Waals surface area contributed by atoms with Crippen molar-refractivity contribution >= 4 is 17.8 Å². The molecule has 0 saturated carbocycles. The summed E-state index contributed by atoms with van der Waals surface area (Å²) in [4.78, 5) is 2.11. The number of rotatable bonds is 4. The van der Waals surface area contributed by atoms with Gasteiger partial charge in [-0.1, -0.05) is 45.2 Å². The lowest BCUT2D eigenvalue weighted by Crippen LogP contribution is -2.11. The molecule has 0 aliphatic heterocycles. The van der Waals surface area contributed by atoms with Crippen LogP contribution in [-0.4, -0.2) is 14.1 Å². The van der Waals surface area contributed by atoms with E-state index in [-0.39, 0.29) is 0 Å². The third-order valence-corrected chi connectivity index (χ3v) is 2.81. The molecule has 1 aromatic carbocycles. The SMILES string of the molecule is C=Cc1c(C(C)C)ccc(N(C)C)c1C=C. The normalized spacial score (nSPS) is 10.3. The first-order valence-electron chi connectivity index (χ1n) is 5.62. The molecule has 0 heterocycles. The monoisotopic (exact) mass is 215 g/mol. The Balaban J connectivity index is 3.52. The summed E-state index contributed by atoms with van der Waals surface area (Å²) in [6.45, 7) is 12.2. The van der Waals surface area contributed by atoms with Crippen LogP contribution in [0.1, 0.15) is 36.5 Å². The van der Waals surface area contributed by atoms with Crippen LogP contribution in [0.25, 0.3) is 12.2 Å². The zero-order valence-corrected chi connectivity index (χ0v) is 10.7. The average Bonchev–Trinajstić information content (AvgIpc) is 2.26. The minimum atomic E-state index is 0.503. The van der Waals surface area contributed by atoms with Crippen molar-refractivity contribution in [3.05, 3.63) is 42.0 Å². The van der Waals surface area contributed by atoms with E-state index in [4.69, 9.17) is 0 Å². The molecule has 86 valence electrons. The Hall–Kier alpha value is -1.50. The van der Waals surface area contributed by atoms with Crippen LogP contribution in [0.3, 0.4) is 0 Å².